The molecule has 12 heavy (non-hydrogen) atoms. The molecule has 0 saturated carbocycles. The fourth-order valence-corrected chi connectivity index (χ4v) is 0.837. The lowest BCUT2D eigenvalue weighted by Gasteiger charge is -1.93. The Labute approximate surface area is 78.3 Å². The molecule has 0 unspecified atom stereocenters. The van der Waals surface area contributed by atoms with Crippen LogP contribution in [-0.2, 0) is 0 Å². The van der Waals surface area contributed by atoms with Crippen LogP contribution in [0.5, 0.6) is 0 Å². The summed E-state index contributed by atoms with van der Waals surface area (Å²) in [4.78, 5) is 2.71. The molecule has 0 fully saturated rings. The molecule has 0 radical (unpaired) electrons. The van der Waals surface area contributed by atoms with Crippen LogP contribution in [0.2, 0.25) is 0 Å². The monoisotopic (exact) mass is 289 g/mol. The summed E-state index contributed by atoms with van der Waals surface area (Å²) in [6.07, 6.45) is 0. The average molecular weight is 289 g/mol. The molecule has 1 nitrogen and oxygen atoms in total. The van der Waals surface area contributed by atoms with Crippen molar-refractivity contribution in [1.29, 1.82) is 0 Å². The molecular formula is C6F4IN. The first-order valence-corrected chi connectivity index (χ1v) is 3.72. The van der Waals surface area contributed by atoms with E-state index in [-0.39, 0.29) is 0 Å². The van der Waals surface area contributed by atoms with Crippen molar-refractivity contribution in [2.75, 3.05) is 0 Å². The van der Waals surface area contributed by atoms with Gasteiger partial charge in [0, 0.05) is 5.87 Å². The molecular weight excluding hydrogens is 289 g/mol. The zero-order valence-corrected chi connectivity index (χ0v) is 7.49. The Bertz CT molecular complexity index is 349. The Morgan fingerprint density at radius 3 is 2.25 bits per heavy atom. The van der Waals surface area contributed by atoms with Gasteiger partial charge in [-0.2, -0.15) is 18.2 Å². The van der Waals surface area contributed by atoms with Crippen LogP contribution in [-0.4, -0.2) is 5.87 Å². The van der Waals surface area contributed by atoms with E-state index in [9.17, 15) is 17.6 Å². The molecule has 0 bridgehead atoms. The maximum Gasteiger partial charge on any atom is 0.237 e. The zero-order valence-electron chi connectivity index (χ0n) is 5.34. The molecule has 64 valence electrons. The third kappa shape index (κ3) is 1.59. The Morgan fingerprint density at radius 2 is 1.67 bits per heavy atom. The highest BCUT2D eigenvalue weighted by atomic mass is 127. The minimum atomic E-state index is -1.78. The number of aliphatic imine (C=N–C) groups is 1. The topological polar surface area (TPSA) is 12.4 Å². The summed E-state index contributed by atoms with van der Waals surface area (Å²) in [5, 5.41) is 0. The van der Waals surface area contributed by atoms with Gasteiger partial charge in [-0.3, -0.25) is 0 Å². The van der Waals surface area contributed by atoms with E-state index in [0.29, 0.717) is 0 Å². The van der Waals surface area contributed by atoms with Gasteiger partial charge in [0.1, 0.15) is 3.58 Å². The Balaban J connectivity index is 3.39. The van der Waals surface area contributed by atoms with Gasteiger partial charge in [-0.1, -0.05) is 0 Å². The van der Waals surface area contributed by atoms with Crippen molar-refractivity contribution in [3.63, 3.8) is 0 Å². The second kappa shape index (κ2) is 3.40. The van der Waals surface area contributed by atoms with E-state index in [1.807, 2.05) is 0 Å². The molecule has 1 heterocycles. The summed E-state index contributed by atoms with van der Waals surface area (Å²) in [5.41, 5.74) is 0. The average Bonchev–Trinajstić information content (AvgIpc) is 2.14. The molecule has 0 aromatic carbocycles. The SMILES string of the molecule is FC1=C=NC(F)=C(I)C(F)=C1F. The van der Waals surface area contributed by atoms with E-state index >= 15 is 0 Å². The van der Waals surface area contributed by atoms with Gasteiger partial charge in [-0.05, 0) is 22.6 Å². The standard InChI is InChI=1S/C6F4IN/c7-2-1-12-6(10)5(11)4(9)3(2)8. The largest absolute Gasteiger partial charge is 0.237 e. The van der Waals surface area contributed by atoms with Gasteiger partial charge in [0.15, 0.2) is 5.83 Å². The molecule has 1 rings (SSSR count). The Kier molecular flexibility index (Phi) is 2.69. The van der Waals surface area contributed by atoms with Crippen molar-refractivity contribution in [2.45, 2.75) is 0 Å². The summed E-state index contributed by atoms with van der Waals surface area (Å²) < 4.78 is 49.0. The molecule has 0 aromatic heterocycles. The van der Waals surface area contributed by atoms with Crippen LogP contribution in [0.3, 0.4) is 0 Å². The summed E-state index contributed by atoms with van der Waals surface area (Å²) in [7, 11) is 0. The van der Waals surface area contributed by atoms with Crippen LogP contribution in [0.15, 0.2) is 32.0 Å². The van der Waals surface area contributed by atoms with Gasteiger partial charge in [-0.15, -0.1) is 0 Å². The fraction of sp³-hybridized carbons (Fsp3) is 0. The van der Waals surface area contributed by atoms with Crippen molar-refractivity contribution >= 4 is 28.5 Å². The number of hydrogen-bond donors (Lipinski definition) is 0. The normalized spacial score (nSPS) is 18.2. The Morgan fingerprint density at radius 1 is 1.08 bits per heavy atom. The third-order valence-corrected chi connectivity index (χ3v) is 1.93. The molecule has 0 amide bonds. The van der Waals surface area contributed by atoms with Gasteiger partial charge in [-0.25, -0.2) is 4.39 Å². The molecule has 0 N–H and O–H groups in total. The molecule has 0 spiro atoms. The molecule has 0 aromatic rings. The molecule has 0 saturated heterocycles. The third-order valence-electron chi connectivity index (χ3n) is 1.01. The molecule has 6 heteroatoms. The van der Waals surface area contributed by atoms with E-state index in [2.05, 4.69) is 4.99 Å². The summed E-state index contributed by atoms with van der Waals surface area (Å²) >= 11 is 1.18. The molecule has 0 atom stereocenters. The predicted octanol–water partition coefficient (Wildman–Crippen LogP) is 3.25. The zero-order chi connectivity index (χ0) is 9.30. The molecule has 1 aliphatic heterocycles. The maximum atomic E-state index is 12.6. The van der Waals surface area contributed by atoms with Crippen LogP contribution < -0.4 is 0 Å². The smallest absolute Gasteiger partial charge is 0.202 e. The quantitative estimate of drug-likeness (QED) is 0.369. The van der Waals surface area contributed by atoms with Crippen molar-refractivity contribution in [1.82, 2.24) is 0 Å². The Hall–Kier alpha value is -0.620. The highest BCUT2D eigenvalue weighted by Crippen LogP contribution is 2.32. The summed E-state index contributed by atoms with van der Waals surface area (Å²) in [6.45, 7) is 0. The van der Waals surface area contributed by atoms with E-state index in [4.69, 9.17) is 0 Å². The van der Waals surface area contributed by atoms with E-state index in [1.165, 1.54) is 28.5 Å². The second-order valence-corrected chi connectivity index (χ2v) is 2.85. The summed E-state index contributed by atoms with van der Waals surface area (Å²) in [6, 6.07) is 0. The van der Waals surface area contributed by atoms with Crippen LogP contribution in [0, 0.1) is 0 Å². The number of rotatable bonds is 0. The minimum Gasteiger partial charge on any atom is -0.202 e. The van der Waals surface area contributed by atoms with Gasteiger partial charge in [0.2, 0.25) is 17.6 Å². The molecule has 1 aliphatic rings. The number of allylic oxidation sites excluding steroid dienone is 4. The summed E-state index contributed by atoms with van der Waals surface area (Å²) in [5.74, 6) is -4.95. The van der Waals surface area contributed by atoms with Crippen molar-refractivity contribution in [3.05, 3.63) is 27.0 Å². The lowest BCUT2D eigenvalue weighted by molar-refractivity contribution is 0.507. The van der Waals surface area contributed by atoms with E-state index < -0.39 is 27.0 Å². The predicted molar refractivity (Wildman–Crippen MR) is 43.5 cm³/mol. The van der Waals surface area contributed by atoms with E-state index in [0.717, 1.165) is 0 Å². The van der Waals surface area contributed by atoms with Crippen molar-refractivity contribution < 1.29 is 17.6 Å². The van der Waals surface area contributed by atoms with Crippen molar-refractivity contribution in [2.24, 2.45) is 4.99 Å². The van der Waals surface area contributed by atoms with Gasteiger partial charge >= 0.3 is 0 Å². The van der Waals surface area contributed by atoms with E-state index in [1.54, 1.807) is 0 Å². The van der Waals surface area contributed by atoms with Crippen LogP contribution in [0.4, 0.5) is 17.6 Å². The minimum absolute atomic E-state index is 0.703. The second-order valence-electron chi connectivity index (χ2n) is 1.77. The van der Waals surface area contributed by atoms with Gasteiger partial charge < -0.3 is 0 Å². The van der Waals surface area contributed by atoms with Crippen LogP contribution >= 0.6 is 22.6 Å². The highest BCUT2D eigenvalue weighted by Gasteiger charge is 2.20. The first kappa shape index (κ1) is 9.47. The maximum absolute atomic E-state index is 12.6. The number of halogens is 5. The lowest BCUT2D eigenvalue weighted by Crippen LogP contribution is -1.81. The van der Waals surface area contributed by atoms with Gasteiger partial charge in [0.25, 0.3) is 0 Å². The lowest BCUT2D eigenvalue weighted by atomic mass is 10.4. The number of hydrogen-bond acceptors (Lipinski definition) is 1. The molecule has 0 aliphatic carbocycles. The van der Waals surface area contributed by atoms with Gasteiger partial charge in [0.05, 0.1) is 0 Å². The number of nitrogens with zero attached hydrogens (tertiary/aromatic N) is 1. The highest BCUT2D eigenvalue weighted by molar-refractivity contribution is 14.1. The fourth-order valence-electron chi connectivity index (χ4n) is 0.480. The van der Waals surface area contributed by atoms with Crippen LogP contribution in [0.25, 0.3) is 0 Å². The van der Waals surface area contributed by atoms with Crippen LogP contribution in [0.1, 0.15) is 0 Å². The van der Waals surface area contributed by atoms with Crippen molar-refractivity contribution in [3.8, 4) is 0 Å². The first-order valence-electron chi connectivity index (χ1n) is 2.64. The first-order chi connectivity index (χ1) is 5.54.